The fourth-order valence-electron chi connectivity index (χ4n) is 9.69. The van der Waals surface area contributed by atoms with E-state index in [-0.39, 0.29) is 0 Å². The van der Waals surface area contributed by atoms with Crippen LogP contribution in [0.25, 0.3) is 77.5 Å². The summed E-state index contributed by atoms with van der Waals surface area (Å²) in [6, 6.07) is 96.6. The molecule has 0 aliphatic carbocycles. The summed E-state index contributed by atoms with van der Waals surface area (Å²) >= 11 is 0. The predicted molar refractivity (Wildman–Crippen MR) is 292 cm³/mol. The van der Waals surface area contributed by atoms with Gasteiger partial charge >= 0.3 is 0 Å². The molecular weight excluding hydrogens is 821 g/mol. The van der Waals surface area contributed by atoms with Crippen LogP contribution in [-0.4, -0.2) is 0 Å². The monoisotopic (exact) mass is 866 g/mol. The van der Waals surface area contributed by atoms with E-state index in [0.29, 0.717) is 0 Å². The maximum absolute atomic E-state index is 2.41. The highest BCUT2D eigenvalue weighted by Gasteiger charge is 2.19. The third-order valence-electron chi connectivity index (χ3n) is 13.2. The third-order valence-corrected chi connectivity index (χ3v) is 13.2. The highest BCUT2D eigenvalue weighted by atomic mass is 15.1. The molecule has 0 atom stereocenters. The van der Waals surface area contributed by atoms with Crippen LogP contribution >= 0.6 is 0 Å². The van der Waals surface area contributed by atoms with Crippen LogP contribution < -0.4 is 9.80 Å². The molecule has 0 unspecified atom stereocenters. The first-order valence-corrected chi connectivity index (χ1v) is 23.3. The lowest BCUT2D eigenvalue weighted by Crippen LogP contribution is -2.10. The van der Waals surface area contributed by atoms with E-state index in [9.17, 15) is 0 Å². The van der Waals surface area contributed by atoms with Crippen molar-refractivity contribution >= 4 is 89.4 Å². The molecule has 12 rings (SSSR count). The molecule has 0 aliphatic rings. The van der Waals surface area contributed by atoms with Gasteiger partial charge < -0.3 is 9.80 Å². The van der Waals surface area contributed by atoms with E-state index in [1.165, 1.54) is 65.3 Å². The number of benzene rings is 12. The van der Waals surface area contributed by atoms with Crippen molar-refractivity contribution in [3.8, 4) is 22.3 Å². The molecule has 12 aromatic rings. The van der Waals surface area contributed by atoms with Crippen LogP contribution in [0.1, 0.15) is 11.1 Å². The zero-order chi connectivity index (χ0) is 45.2. The van der Waals surface area contributed by atoms with Crippen molar-refractivity contribution in [1.82, 2.24) is 0 Å². The maximum atomic E-state index is 2.41. The Morgan fingerprint density at radius 2 is 0.647 bits per heavy atom. The number of hydrogen-bond donors (Lipinski definition) is 0. The van der Waals surface area contributed by atoms with Gasteiger partial charge in [0.25, 0.3) is 0 Å². The highest BCUT2D eigenvalue weighted by Crippen LogP contribution is 2.44. The lowest BCUT2D eigenvalue weighted by molar-refractivity contribution is 1.29. The number of fused-ring (bicyclic) bond motifs is 4. The van der Waals surface area contributed by atoms with Gasteiger partial charge in [-0.05, 0) is 144 Å². The summed E-state index contributed by atoms with van der Waals surface area (Å²) in [7, 11) is 0. The van der Waals surface area contributed by atoms with Gasteiger partial charge in [-0.1, -0.05) is 206 Å². The van der Waals surface area contributed by atoms with Crippen molar-refractivity contribution in [3.05, 3.63) is 278 Å². The lowest BCUT2D eigenvalue weighted by Gasteiger charge is -2.28. The van der Waals surface area contributed by atoms with Gasteiger partial charge in [-0.25, -0.2) is 0 Å². The molecule has 320 valence electrons. The maximum Gasteiger partial charge on any atom is 0.0540 e. The highest BCUT2D eigenvalue weighted by molar-refractivity contribution is 6.07. The van der Waals surface area contributed by atoms with Crippen LogP contribution in [-0.2, 0) is 0 Å². The topological polar surface area (TPSA) is 6.48 Å². The molecule has 0 saturated heterocycles. The van der Waals surface area contributed by atoms with Gasteiger partial charge in [0.1, 0.15) is 0 Å². The van der Waals surface area contributed by atoms with Gasteiger partial charge in [-0.15, -0.1) is 0 Å². The average molecular weight is 867 g/mol. The summed E-state index contributed by atoms with van der Waals surface area (Å²) in [6.07, 6.45) is 4.40. The summed E-state index contributed by atoms with van der Waals surface area (Å²) in [5.41, 5.74) is 13.9. The Balaban J connectivity index is 0.795. The number of nitrogens with zero attached hydrogens (tertiary/aromatic N) is 2. The van der Waals surface area contributed by atoms with E-state index in [2.05, 4.69) is 289 Å². The lowest BCUT2D eigenvalue weighted by atomic mass is 9.95. The quantitative estimate of drug-likeness (QED) is 0.126. The SMILES string of the molecule is C(=C\c1ccc(-c2ccc(N(c3ccc4ccccc4c3)c3ccc4ccccc4c3)c3ccccc23)cc1)/c1ccc(-c2ccc3cc(N(c4ccccc4)c4ccccc4)ccc3c2)cc1. The molecular formula is C66H46N2. The van der Waals surface area contributed by atoms with Crippen LogP contribution in [0.2, 0.25) is 0 Å². The number of anilines is 6. The van der Waals surface area contributed by atoms with E-state index in [1.807, 2.05) is 0 Å². The second-order valence-electron chi connectivity index (χ2n) is 17.4. The summed E-state index contributed by atoms with van der Waals surface area (Å²) in [4.78, 5) is 4.72. The Morgan fingerprint density at radius 3 is 1.22 bits per heavy atom. The van der Waals surface area contributed by atoms with Gasteiger partial charge in [0, 0.05) is 33.8 Å². The average Bonchev–Trinajstić information content (AvgIpc) is 3.41. The van der Waals surface area contributed by atoms with Crippen LogP contribution in [0.4, 0.5) is 34.1 Å². The second kappa shape index (κ2) is 17.8. The molecule has 0 fully saturated rings. The third kappa shape index (κ3) is 7.95. The van der Waals surface area contributed by atoms with Gasteiger partial charge in [0.05, 0.1) is 5.69 Å². The predicted octanol–water partition coefficient (Wildman–Crippen LogP) is 18.7. The van der Waals surface area contributed by atoms with E-state index in [0.717, 1.165) is 45.3 Å². The molecule has 68 heavy (non-hydrogen) atoms. The summed E-state index contributed by atoms with van der Waals surface area (Å²) < 4.78 is 0. The molecule has 0 spiro atoms. The first kappa shape index (κ1) is 40.5. The summed E-state index contributed by atoms with van der Waals surface area (Å²) in [5, 5.41) is 9.73. The molecule has 0 radical (unpaired) electrons. The zero-order valence-electron chi connectivity index (χ0n) is 37.5. The molecule has 0 saturated carbocycles. The molecule has 2 heteroatoms. The van der Waals surface area contributed by atoms with Gasteiger partial charge in [0.2, 0.25) is 0 Å². The van der Waals surface area contributed by atoms with Crippen molar-refractivity contribution < 1.29 is 0 Å². The second-order valence-corrected chi connectivity index (χ2v) is 17.4. The minimum Gasteiger partial charge on any atom is -0.310 e. The molecule has 0 aromatic heterocycles. The van der Waals surface area contributed by atoms with Crippen molar-refractivity contribution in [3.63, 3.8) is 0 Å². The molecule has 0 aliphatic heterocycles. The fourth-order valence-corrected chi connectivity index (χ4v) is 9.69. The van der Waals surface area contributed by atoms with E-state index in [4.69, 9.17) is 0 Å². The van der Waals surface area contributed by atoms with E-state index >= 15 is 0 Å². The molecule has 12 aromatic carbocycles. The van der Waals surface area contributed by atoms with Gasteiger partial charge in [-0.3, -0.25) is 0 Å². The largest absolute Gasteiger partial charge is 0.310 e. The standard InChI is InChI=1S/C66H46N2/c1-3-17-58(18-4-1)67(59-19-5-2-6-20-59)60-40-37-56-43-55(33-34-57(56)46-60)51-29-25-47(26-30-51)23-24-48-27-31-52(32-28-48)63-41-42-66(65-22-12-11-21-64(63)65)68(61-38-35-49-13-7-9-15-53(49)44-61)62-39-36-50-14-8-10-16-54(50)45-62/h1-46H/b24-23+. The summed E-state index contributed by atoms with van der Waals surface area (Å²) in [6.45, 7) is 0. The number of rotatable bonds is 10. The van der Waals surface area contributed by atoms with Crippen LogP contribution in [0, 0.1) is 0 Å². The molecule has 0 bridgehead atoms. The smallest absolute Gasteiger partial charge is 0.0540 e. The van der Waals surface area contributed by atoms with Crippen LogP contribution in [0.3, 0.4) is 0 Å². The normalized spacial score (nSPS) is 11.5. The van der Waals surface area contributed by atoms with Crippen molar-refractivity contribution in [1.29, 1.82) is 0 Å². The van der Waals surface area contributed by atoms with Crippen molar-refractivity contribution in [2.75, 3.05) is 9.80 Å². The Labute approximate surface area is 397 Å². The molecule has 0 heterocycles. The Bertz CT molecular complexity index is 3660. The van der Waals surface area contributed by atoms with Gasteiger partial charge in [-0.2, -0.15) is 0 Å². The first-order valence-electron chi connectivity index (χ1n) is 23.3. The first-order chi connectivity index (χ1) is 33.7. The molecule has 0 amide bonds. The van der Waals surface area contributed by atoms with Crippen molar-refractivity contribution in [2.45, 2.75) is 0 Å². The number of hydrogen-bond acceptors (Lipinski definition) is 2. The Morgan fingerprint density at radius 1 is 0.235 bits per heavy atom. The van der Waals surface area contributed by atoms with Crippen LogP contribution in [0.5, 0.6) is 0 Å². The molecule has 2 nitrogen and oxygen atoms in total. The fraction of sp³-hybridized carbons (Fsp3) is 0. The van der Waals surface area contributed by atoms with Gasteiger partial charge in [0.15, 0.2) is 0 Å². The van der Waals surface area contributed by atoms with E-state index in [1.54, 1.807) is 0 Å². The van der Waals surface area contributed by atoms with Crippen molar-refractivity contribution in [2.24, 2.45) is 0 Å². The van der Waals surface area contributed by atoms with E-state index < -0.39 is 0 Å². The minimum atomic E-state index is 1.13. The zero-order valence-corrected chi connectivity index (χ0v) is 37.5. The Kier molecular flexibility index (Phi) is 10.6. The Hall–Kier alpha value is -8.98. The number of para-hydroxylation sites is 2. The summed E-state index contributed by atoms with van der Waals surface area (Å²) in [5.74, 6) is 0. The van der Waals surface area contributed by atoms with Crippen LogP contribution in [0.15, 0.2) is 267 Å². The molecule has 0 N–H and O–H groups in total. The minimum absolute atomic E-state index is 1.13.